The lowest BCUT2D eigenvalue weighted by Crippen LogP contribution is -2.13. The van der Waals surface area contributed by atoms with Gasteiger partial charge in [0.1, 0.15) is 17.2 Å². The molecule has 200 valence electrons. The third-order valence-corrected chi connectivity index (χ3v) is 5.78. The molecule has 2 aromatic carbocycles. The SMILES string of the molecule is Nc1nc(-c2ccc(C(F)(F)F)cc2C(F)(F)F)ccc1Cn1cc2nc(-c3cccc(F)c3F)nc-2cn1. The predicted molar refractivity (Wildman–Crippen MR) is 123 cm³/mol. The van der Waals surface area contributed by atoms with Crippen molar-refractivity contribution >= 4 is 5.82 Å². The summed E-state index contributed by atoms with van der Waals surface area (Å²) in [5.41, 5.74) is 2.99. The summed E-state index contributed by atoms with van der Waals surface area (Å²) in [7, 11) is 0. The molecule has 2 N–H and O–H groups in total. The number of imidazole rings is 1. The van der Waals surface area contributed by atoms with E-state index in [4.69, 9.17) is 5.73 Å². The first kappa shape index (κ1) is 26.0. The van der Waals surface area contributed by atoms with Gasteiger partial charge in [-0.25, -0.2) is 23.7 Å². The number of anilines is 1. The van der Waals surface area contributed by atoms with Gasteiger partial charge in [0.25, 0.3) is 0 Å². The van der Waals surface area contributed by atoms with Crippen LogP contribution in [0.3, 0.4) is 0 Å². The van der Waals surface area contributed by atoms with Crippen molar-refractivity contribution in [1.29, 1.82) is 0 Å². The summed E-state index contributed by atoms with van der Waals surface area (Å²) in [6.07, 6.45) is -7.25. The standard InChI is InChI=1S/C25H14F8N6/c26-17-3-1-2-15(21(17)27)23-37-19-9-35-39(11-20(19)38-23)10-12-4-7-18(36-22(12)34)14-6-5-13(24(28,29)30)8-16(14)25(31,32)33/h1-9,11H,10H2,(H2,34,36). The molecule has 0 bridgehead atoms. The highest BCUT2D eigenvalue weighted by Crippen LogP contribution is 2.40. The first-order valence-electron chi connectivity index (χ1n) is 11.0. The highest BCUT2D eigenvalue weighted by Gasteiger charge is 2.38. The largest absolute Gasteiger partial charge is 0.417 e. The van der Waals surface area contributed by atoms with Crippen molar-refractivity contribution in [3.8, 4) is 34.0 Å². The van der Waals surface area contributed by atoms with Gasteiger partial charge in [-0.3, -0.25) is 4.68 Å². The summed E-state index contributed by atoms with van der Waals surface area (Å²) in [5, 5.41) is 4.16. The first-order chi connectivity index (χ1) is 18.3. The van der Waals surface area contributed by atoms with E-state index in [1.54, 1.807) is 0 Å². The van der Waals surface area contributed by atoms with Gasteiger partial charge in [0, 0.05) is 11.1 Å². The average Bonchev–Trinajstić information content (AvgIpc) is 3.28. The van der Waals surface area contributed by atoms with Crippen molar-refractivity contribution in [2.24, 2.45) is 0 Å². The van der Waals surface area contributed by atoms with Crippen LogP contribution in [-0.4, -0.2) is 24.7 Å². The lowest BCUT2D eigenvalue weighted by Gasteiger charge is -2.16. The van der Waals surface area contributed by atoms with E-state index in [0.29, 0.717) is 29.1 Å². The van der Waals surface area contributed by atoms with Crippen molar-refractivity contribution in [2.75, 3.05) is 5.73 Å². The number of benzene rings is 2. The Bertz CT molecular complexity index is 1660. The highest BCUT2D eigenvalue weighted by atomic mass is 19.4. The monoisotopic (exact) mass is 550 g/mol. The molecule has 1 aromatic heterocycles. The zero-order chi connectivity index (χ0) is 28.1. The molecule has 0 unspecified atom stereocenters. The van der Waals surface area contributed by atoms with E-state index >= 15 is 0 Å². The number of halogens is 8. The van der Waals surface area contributed by atoms with Gasteiger partial charge in [-0.1, -0.05) is 18.2 Å². The van der Waals surface area contributed by atoms with E-state index in [9.17, 15) is 35.1 Å². The van der Waals surface area contributed by atoms with Crippen molar-refractivity contribution < 1.29 is 35.1 Å². The summed E-state index contributed by atoms with van der Waals surface area (Å²) in [5.74, 6) is -2.39. The van der Waals surface area contributed by atoms with E-state index in [-0.39, 0.29) is 35.5 Å². The molecular formula is C25H14F8N6. The molecule has 0 fully saturated rings. The number of aromatic nitrogens is 5. The molecule has 6 nitrogen and oxygen atoms in total. The lowest BCUT2D eigenvalue weighted by atomic mass is 9.99. The Morgan fingerprint density at radius 2 is 1.51 bits per heavy atom. The van der Waals surface area contributed by atoms with Crippen LogP contribution in [0.25, 0.3) is 34.0 Å². The third kappa shape index (κ3) is 5.09. The fraction of sp³-hybridized carbons (Fsp3) is 0.120. The summed E-state index contributed by atoms with van der Waals surface area (Å²) in [4.78, 5) is 12.3. The van der Waals surface area contributed by atoms with Crippen LogP contribution in [-0.2, 0) is 18.9 Å². The Hall–Kier alpha value is -4.62. The number of rotatable bonds is 4. The molecule has 39 heavy (non-hydrogen) atoms. The summed E-state index contributed by atoms with van der Waals surface area (Å²) >= 11 is 0. The maximum absolute atomic E-state index is 14.1. The minimum Gasteiger partial charge on any atom is -0.383 e. The smallest absolute Gasteiger partial charge is 0.383 e. The molecule has 0 amide bonds. The van der Waals surface area contributed by atoms with Crippen LogP contribution in [0.1, 0.15) is 16.7 Å². The molecular weight excluding hydrogens is 536 g/mol. The van der Waals surface area contributed by atoms with Crippen LogP contribution in [0.5, 0.6) is 0 Å². The van der Waals surface area contributed by atoms with Gasteiger partial charge in [0.05, 0.1) is 41.3 Å². The third-order valence-electron chi connectivity index (χ3n) is 5.78. The molecule has 0 saturated heterocycles. The zero-order valence-corrected chi connectivity index (χ0v) is 19.3. The lowest BCUT2D eigenvalue weighted by molar-refractivity contribution is -0.142. The Kier molecular flexibility index (Phi) is 6.19. The second-order valence-corrected chi connectivity index (χ2v) is 8.39. The second kappa shape index (κ2) is 9.29. The first-order valence-corrected chi connectivity index (χ1v) is 11.0. The fourth-order valence-corrected chi connectivity index (χ4v) is 3.88. The number of hydrogen-bond donors (Lipinski definition) is 1. The number of alkyl halides is 6. The molecule has 2 aliphatic rings. The molecule has 3 aromatic rings. The Morgan fingerprint density at radius 1 is 0.769 bits per heavy atom. The van der Waals surface area contributed by atoms with Gasteiger partial charge < -0.3 is 5.73 Å². The Balaban J connectivity index is 1.45. The Labute approximate surface area is 214 Å². The van der Waals surface area contributed by atoms with Gasteiger partial charge in [0.2, 0.25) is 0 Å². The van der Waals surface area contributed by atoms with E-state index < -0.39 is 40.7 Å². The summed E-state index contributed by atoms with van der Waals surface area (Å²) in [6, 6.07) is 7.44. The van der Waals surface area contributed by atoms with Crippen LogP contribution in [0, 0.1) is 11.6 Å². The number of hydrogen-bond acceptors (Lipinski definition) is 5. The fourth-order valence-electron chi connectivity index (χ4n) is 3.88. The quantitative estimate of drug-likeness (QED) is 0.260. The number of nitrogens with zero attached hydrogens (tertiary/aromatic N) is 5. The van der Waals surface area contributed by atoms with Crippen LogP contribution < -0.4 is 5.73 Å². The summed E-state index contributed by atoms with van der Waals surface area (Å²) in [6.45, 7) is -0.00921. The van der Waals surface area contributed by atoms with Crippen LogP contribution in [0.2, 0.25) is 0 Å². The highest BCUT2D eigenvalue weighted by molar-refractivity contribution is 5.68. The minimum absolute atomic E-state index is 0.00921. The molecule has 0 spiro atoms. The van der Waals surface area contributed by atoms with Gasteiger partial charge in [0.15, 0.2) is 17.5 Å². The van der Waals surface area contributed by atoms with Crippen molar-refractivity contribution in [2.45, 2.75) is 18.9 Å². The second-order valence-electron chi connectivity index (χ2n) is 8.39. The molecule has 3 heterocycles. The van der Waals surface area contributed by atoms with Crippen molar-refractivity contribution in [3.63, 3.8) is 0 Å². The topological polar surface area (TPSA) is 82.5 Å². The van der Waals surface area contributed by atoms with Gasteiger partial charge in [-0.2, -0.15) is 31.4 Å². The zero-order valence-electron chi connectivity index (χ0n) is 19.3. The van der Waals surface area contributed by atoms with Crippen molar-refractivity contribution in [3.05, 3.63) is 89.2 Å². The molecule has 14 heteroatoms. The van der Waals surface area contributed by atoms with Gasteiger partial charge >= 0.3 is 12.4 Å². The molecule has 5 rings (SSSR count). The summed E-state index contributed by atoms with van der Waals surface area (Å²) < 4.78 is 109. The predicted octanol–water partition coefficient (Wildman–Crippen LogP) is 6.45. The number of nitrogens with two attached hydrogens (primary N) is 1. The number of pyridine rings is 1. The van der Waals surface area contributed by atoms with E-state index in [1.165, 1.54) is 41.3 Å². The van der Waals surface area contributed by atoms with Crippen LogP contribution >= 0.6 is 0 Å². The van der Waals surface area contributed by atoms with Gasteiger partial charge in [-0.05, 0) is 30.3 Å². The molecule has 0 radical (unpaired) electrons. The molecule has 0 aliphatic carbocycles. The van der Waals surface area contributed by atoms with E-state index in [2.05, 4.69) is 20.1 Å². The maximum atomic E-state index is 14.1. The molecule has 0 atom stereocenters. The number of fused-ring (bicyclic) bond motifs is 1. The molecule has 0 saturated carbocycles. The van der Waals surface area contributed by atoms with E-state index in [1.807, 2.05) is 0 Å². The number of nitrogen functional groups attached to an aromatic ring is 1. The van der Waals surface area contributed by atoms with Crippen LogP contribution in [0.4, 0.5) is 40.9 Å². The Morgan fingerprint density at radius 3 is 2.21 bits per heavy atom. The maximum Gasteiger partial charge on any atom is 0.417 e. The van der Waals surface area contributed by atoms with Crippen molar-refractivity contribution in [1.82, 2.24) is 24.7 Å². The van der Waals surface area contributed by atoms with Crippen LogP contribution in [0.15, 0.2) is 60.9 Å². The van der Waals surface area contributed by atoms with Gasteiger partial charge in [-0.15, -0.1) is 0 Å². The normalized spacial score (nSPS) is 12.3. The average molecular weight is 550 g/mol. The molecule has 2 aliphatic heterocycles. The minimum atomic E-state index is -5.07. The van der Waals surface area contributed by atoms with E-state index in [0.717, 1.165) is 6.07 Å².